The second-order valence-corrected chi connectivity index (χ2v) is 4.68. The molecule has 3 rings (SSSR count). The zero-order chi connectivity index (χ0) is 17.7. The standard InChI is InChI=1S/C13H11N4O4P.C2H6/c1-8-11(21-22)6-16-12(8)13(14-7-15-16)20-10-4-2-9(3-5-10)17(18)19;1-2/h2-7H,22H2,1H3;1-2H3. The average Bonchev–Trinajstić information content (AvgIpc) is 2.94. The van der Waals surface area contributed by atoms with E-state index in [9.17, 15) is 10.1 Å². The zero-order valence-electron chi connectivity index (χ0n) is 13.5. The molecule has 0 aliphatic rings. The number of fused-ring (bicyclic) bond motifs is 1. The van der Waals surface area contributed by atoms with Crippen molar-refractivity contribution in [3.8, 4) is 17.4 Å². The highest BCUT2D eigenvalue weighted by Gasteiger charge is 2.15. The fourth-order valence-corrected chi connectivity index (χ4v) is 2.28. The first kappa shape index (κ1) is 17.6. The highest BCUT2D eigenvalue weighted by Crippen LogP contribution is 2.32. The van der Waals surface area contributed by atoms with Gasteiger partial charge in [0.05, 0.1) is 20.6 Å². The molecular formula is C15H17N4O4P. The van der Waals surface area contributed by atoms with Crippen LogP contribution in [0.5, 0.6) is 17.4 Å². The smallest absolute Gasteiger partial charge is 0.269 e. The van der Waals surface area contributed by atoms with Crippen LogP contribution in [0.1, 0.15) is 19.4 Å². The predicted octanol–water partition coefficient (Wildman–Crippen LogP) is 3.93. The molecule has 0 aliphatic heterocycles. The summed E-state index contributed by atoms with van der Waals surface area (Å²) in [4.78, 5) is 14.3. The number of nitrogens with zero attached hydrogens (tertiary/aromatic N) is 4. The van der Waals surface area contributed by atoms with Crippen LogP contribution in [-0.2, 0) is 0 Å². The molecule has 0 bridgehead atoms. The Labute approximate surface area is 140 Å². The van der Waals surface area contributed by atoms with Crippen LogP contribution in [-0.4, -0.2) is 19.5 Å². The largest absolute Gasteiger partial charge is 0.478 e. The van der Waals surface area contributed by atoms with E-state index in [2.05, 4.69) is 19.5 Å². The Kier molecular flexibility index (Phi) is 5.65. The second kappa shape index (κ2) is 7.70. The molecule has 2 aromatic heterocycles. The molecule has 0 fully saturated rings. The summed E-state index contributed by atoms with van der Waals surface area (Å²) in [7, 11) is 2.18. The highest BCUT2D eigenvalue weighted by atomic mass is 31.0. The maximum atomic E-state index is 10.7. The Bertz CT molecular complexity index is 849. The van der Waals surface area contributed by atoms with Gasteiger partial charge in [0.15, 0.2) is 0 Å². The maximum Gasteiger partial charge on any atom is 0.269 e. The lowest BCUT2D eigenvalue weighted by Gasteiger charge is -2.06. The maximum absolute atomic E-state index is 10.7. The number of benzene rings is 1. The van der Waals surface area contributed by atoms with Crippen LogP contribution in [0.2, 0.25) is 0 Å². The fourth-order valence-electron chi connectivity index (χ4n) is 2.05. The molecule has 24 heavy (non-hydrogen) atoms. The van der Waals surface area contributed by atoms with Gasteiger partial charge in [0, 0.05) is 17.7 Å². The Morgan fingerprint density at radius 2 is 1.92 bits per heavy atom. The van der Waals surface area contributed by atoms with Gasteiger partial charge in [-0.25, -0.2) is 4.52 Å². The summed E-state index contributed by atoms with van der Waals surface area (Å²) in [5.74, 6) is 1.42. The van der Waals surface area contributed by atoms with E-state index in [1.807, 2.05) is 20.8 Å². The quantitative estimate of drug-likeness (QED) is 0.403. The van der Waals surface area contributed by atoms with Gasteiger partial charge in [0.25, 0.3) is 5.69 Å². The van der Waals surface area contributed by atoms with Gasteiger partial charge < -0.3 is 9.26 Å². The first-order chi connectivity index (χ1) is 11.6. The number of aromatic nitrogens is 3. The summed E-state index contributed by atoms with van der Waals surface area (Å²) in [6.45, 7) is 5.86. The number of hydrogen-bond acceptors (Lipinski definition) is 6. The van der Waals surface area contributed by atoms with Gasteiger partial charge in [0.1, 0.15) is 23.3 Å². The third-order valence-electron chi connectivity index (χ3n) is 3.14. The van der Waals surface area contributed by atoms with Crippen molar-refractivity contribution in [2.45, 2.75) is 20.8 Å². The van der Waals surface area contributed by atoms with Crippen LogP contribution in [0.3, 0.4) is 0 Å². The van der Waals surface area contributed by atoms with Crippen LogP contribution in [0.4, 0.5) is 5.69 Å². The summed E-state index contributed by atoms with van der Waals surface area (Å²) < 4.78 is 12.5. The summed E-state index contributed by atoms with van der Waals surface area (Å²) in [5.41, 5.74) is 1.49. The summed E-state index contributed by atoms with van der Waals surface area (Å²) >= 11 is 0. The molecule has 126 valence electrons. The molecule has 1 unspecified atom stereocenters. The fraction of sp³-hybridized carbons (Fsp3) is 0.200. The van der Waals surface area contributed by atoms with Gasteiger partial charge >= 0.3 is 0 Å². The molecule has 9 heteroatoms. The third-order valence-corrected chi connectivity index (χ3v) is 3.39. The van der Waals surface area contributed by atoms with Crippen LogP contribution < -0.4 is 9.26 Å². The van der Waals surface area contributed by atoms with Crippen molar-refractivity contribution in [3.63, 3.8) is 0 Å². The minimum absolute atomic E-state index is 0.00209. The van der Waals surface area contributed by atoms with E-state index >= 15 is 0 Å². The zero-order valence-corrected chi connectivity index (χ0v) is 14.6. The van der Waals surface area contributed by atoms with E-state index in [1.165, 1.54) is 30.6 Å². The number of nitro groups is 1. The molecule has 0 aliphatic carbocycles. The molecule has 1 atom stereocenters. The molecule has 0 amide bonds. The van der Waals surface area contributed by atoms with E-state index in [4.69, 9.17) is 9.26 Å². The highest BCUT2D eigenvalue weighted by molar-refractivity contribution is 7.10. The molecule has 0 radical (unpaired) electrons. The first-order valence-corrected chi connectivity index (χ1v) is 7.69. The lowest BCUT2D eigenvalue weighted by Crippen LogP contribution is -1.96. The van der Waals surface area contributed by atoms with Crippen molar-refractivity contribution in [3.05, 3.63) is 52.5 Å². The number of aryl methyl sites for hydroxylation is 1. The third kappa shape index (κ3) is 3.44. The van der Waals surface area contributed by atoms with Crippen molar-refractivity contribution < 1.29 is 14.2 Å². The average molecular weight is 348 g/mol. The van der Waals surface area contributed by atoms with E-state index in [0.717, 1.165) is 5.56 Å². The second-order valence-electron chi connectivity index (χ2n) is 4.45. The van der Waals surface area contributed by atoms with Crippen LogP contribution in [0.25, 0.3) is 5.52 Å². The summed E-state index contributed by atoms with van der Waals surface area (Å²) in [6.07, 6.45) is 3.07. The Morgan fingerprint density at radius 1 is 1.25 bits per heavy atom. The molecule has 0 saturated carbocycles. The summed E-state index contributed by atoms with van der Waals surface area (Å²) in [6, 6.07) is 5.77. The number of nitro benzene ring substituents is 1. The number of hydrogen-bond donors (Lipinski definition) is 0. The monoisotopic (exact) mass is 348 g/mol. The SMILES string of the molecule is CC.Cc1c(OP)cn2ncnc(Oc3ccc([N+](=O)[O-])cc3)c12. The number of non-ortho nitro benzene ring substituents is 1. The van der Waals surface area contributed by atoms with E-state index in [0.29, 0.717) is 22.9 Å². The lowest BCUT2D eigenvalue weighted by atomic mass is 10.3. The van der Waals surface area contributed by atoms with E-state index in [1.54, 1.807) is 10.7 Å². The van der Waals surface area contributed by atoms with Crippen molar-refractivity contribution in [1.82, 2.24) is 14.6 Å². The van der Waals surface area contributed by atoms with E-state index in [-0.39, 0.29) is 5.69 Å². The molecule has 0 spiro atoms. The lowest BCUT2D eigenvalue weighted by molar-refractivity contribution is -0.384. The molecule has 8 nitrogen and oxygen atoms in total. The van der Waals surface area contributed by atoms with Gasteiger partial charge in [0.2, 0.25) is 5.88 Å². The summed E-state index contributed by atoms with van der Waals surface area (Å²) in [5, 5.41) is 14.7. The molecular weight excluding hydrogens is 331 g/mol. The van der Waals surface area contributed by atoms with Crippen molar-refractivity contribution in [2.24, 2.45) is 0 Å². The molecule has 0 N–H and O–H groups in total. The molecule has 2 heterocycles. The first-order valence-electron chi connectivity index (χ1n) is 7.22. The molecule has 1 aromatic carbocycles. The molecule has 3 aromatic rings. The number of rotatable bonds is 4. The topological polar surface area (TPSA) is 91.8 Å². The van der Waals surface area contributed by atoms with Crippen LogP contribution in [0.15, 0.2) is 36.8 Å². The van der Waals surface area contributed by atoms with E-state index < -0.39 is 4.92 Å². The minimum atomic E-state index is -0.466. The van der Waals surface area contributed by atoms with Crippen molar-refractivity contribution >= 4 is 20.7 Å². The number of ether oxygens (including phenoxy) is 1. The predicted molar refractivity (Wildman–Crippen MR) is 92.6 cm³/mol. The van der Waals surface area contributed by atoms with Crippen LogP contribution in [0, 0.1) is 17.0 Å². The van der Waals surface area contributed by atoms with Gasteiger partial charge in [-0.2, -0.15) is 10.1 Å². The Hall–Kier alpha value is -2.73. The van der Waals surface area contributed by atoms with Crippen LogP contribution >= 0.6 is 9.47 Å². The van der Waals surface area contributed by atoms with Gasteiger partial charge in [-0.05, 0) is 19.1 Å². The Morgan fingerprint density at radius 3 is 2.50 bits per heavy atom. The Balaban J connectivity index is 0.00000100. The van der Waals surface area contributed by atoms with Crippen molar-refractivity contribution in [1.29, 1.82) is 0 Å². The normalized spacial score (nSPS) is 10.0. The minimum Gasteiger partial charge on any atom is -0.478 e. The molecule has 0 saturated heterocycles. The van der Waals surface area contributed by atoms with Gasteiger partial charge in [-0.3, -0.25) is 10.1 Å². The van der Waals surface area contributed by atoms with Gasteiger partial charge in [-0.15, -0.1) is 0 Å². The van der Waals surface area contributed by atoms with Crippen molar-refractivity contribution in [2.75, 3.05) is 0 Å². The van der Waals surface area contributed by atoms with Gasteiger partial charge in [-0.1, -0.05) is 13.8 Å².